The molecule has 1 N–H and O–H groups in total. The van der Waals surface area contributed by atoms with Crippen molar-refractivity contribution < 1.29 is 22.7 Å². The molecule has 1 atom stereocenters. The number of sulfonamides is 1. The highest BCUT2D eigenvalue weighted by atomic mass is 32.2. The van der Waals surface area contributed by atoms with Gasteiger partial charge in [0.25, 0.3) is 0 Å². The maximum absolute atomic E-state index is 14.0. The van der Waals surface area contributed by atoms with Crippen molar-refractivity contribution >= 4 is 27.5 Å². The Kier molecular flexibility index (Phi) is 11.2. The van der Waals surface area contributed by atoms with Crippen LogP contribution in [0.4, 0.5) is 5.69 Å². The summed E-state index contributed by atoms with van der Waals surface area (Å²) in [7, 11) is -1.96. The van der Waals surface area contributed by atoms with Gasteiger partial charge in [0.2, 0.25) is 21.8 Å². The van der Waals surface area contributed by atoms with Gasteiger partial charge in [-0.3, -0.25) is 13.9 Å². The van der Waals surface area contributed by atoms with Crippen LogP contribution in [0.1, 0.15) is 55.2 Å². The highest BCUT2D eigenvalue weighted by Gasteiger charge is 2.32. The molecule has 2 amide bonds. The molecule has 4 rings (SSSR count). The minimum atomic E-state index is -3.56. The standard InChI is InChI=1S/C34H43N3O5S/c1-26-18-20-30(21-19-26)37(43(3,40)41)22-10-17-33(38)36(25-28-13-9-16-31(23-28)42-2)32(24-27-11-5-4-6-12-27)34(39)35-29-14-7-8-15-29/h4-6,9,11-13,16,18-21,23,29,32H,7-8,10,14-15,17,22,24-25H2,1-3H3,(H,35,39)/t32-/m0/s1. The summed E-state index contributed by atoms with van der Waals surface area (Å²) in [4.78, 5) is 29.6. The monoisotopic (exact) mass is 605 g/mol. The van der Waals surface area contributed by atoms with Crippen LogP contribution in [-0.4, -0.2) is 57.1 Å². The van der Waals surface area contributed by atoms with E-state index in [2.05, 4.69) is 5.32 Å². The van der Waals surface area contributed by atoms with Gasteiger partial charge in [0.1, 0.15) is 11.8 Å². The van der Waals surface area contributed by atoms with Crippen LogP contribution in [0, 0.1) is 6.92 Å². The maximum Gasteiger partial charge on any atom is 0.243 e. The van der Waals surface area contributed by atoms with Crippen molar-refractivity contribution in [2.24, 2.45) is 0 Å². The average molecular weight is 606 g/mol. The van der Waals surface area contributed by atoms with Gasteiger partial charge in [-0.05, 0) is 61.6 Å². The first-order valence-electron chi connectivity index (χ1n) is 14.9. The van der Waals surface area contributed by atoms with Crippen molar-refractivity contribution in [3.8, 4) is 5.75 Å². The van der Waals surface area contributed by atoms with Gasteiger partial charge in [0.15, 0.2) is 0 Å². The Morgan fingerprint density at radius 3 is 2.28 bits per heavy atom. The molecule has 0 aliphatic heterocycles. The van der Waals surface area contributed by atoms with Gasteiger partial charge >= 0.3 is 0 Å². The molecule has 0 spiro atoms. The topological polar surface area (TPSA) is 96.0 Å². The number of nitrogens with zero attached hydrogens (tertiary/aromatic N) is 2. The number of ether oxygens (including phenoxy) is 1. The lowest BCUT2D eigenvalue weighted by molar-refractivity contribution is -0.141. The van der Waals surface area contributed by atoms with E-state index in [1.165, 1.54) is 10.6 Å². The summed E-state index contributed by atoms with van der Waals surface area (Å²) >= 11 is 0. The van der Waals surface area contributed by atoms with Gasteiger partial charge in [0.05, 0.1) is 19.1 Å². The molecule has 0 aromatic heterocycles. The van der Waals surface area contributed by atoms with Crippen LogP contribution in [0.3, 0.4) is 0 Å². The fourth-order valence-corrected chi connectivity index (χ4v) is 6.57. The van der Waals surface area contributed by atoms with E-state index >= 15 is 0 Å². The van der Waals surface area contributed by atoms with Gasteiger partial charge in [-0.1, -0.05) is 73.0 Å². The lowest BCUT2D eigenvalue weighted by atomic mass is 10.0. The number of amides is 2. The molecule has 0 radical (unpaired) electrons. The summed E-state index contributed by atoms with van der Waals surface area (Å²) in [6, 6.07) is 23.9. The maximum atomic E-state index is 14.0. The molecule has 0 heterocycles. The Bertz CT molecular complexity index is 1450. The molecule has 0 unspecified atom stereocenters. The SMILES string of the molecule is COc1cccc(CN(C(=O)CCCN(c2ccc(C)cc2)S(C)(=O)=O)[C@@H](Cc2ccccc2)C(=O)NC2CCCC2)c1. The van der Waals surface area contributed by atoms with Crippen LogP contribution >= 0.6 is 0 Å². The van der Waals surface area contributed by atoms with E-state index in [1.54, 1.807) is 24.1 Å². The second kappa shape index (κ2) is 15.0. The molecule has 3 aromatic rings. The smallest absolute Gasteiger partial charge is 0.243 e. The number of carbonyl (C=O) groups excluding carboxylic acids is 2. The molecule has 0 bridgehead atoms. The number of methoxy groups -OCH3 is 1. The predicted octanol–water partition coefficient (Wildman–Crippen LogP) is 5.25. The molecule has 43 heavy (non-hydrogen) atoms. The number of benzene rings is 3. The lowest BCUT2D eigenvalue weighted by Gasteiger charge is -2.33. The van der Waals surface area contributed by atoms with E-state index in [9.17, 15) is 18.0 Å². The second-order valence-electron chi connectivity index (χ2n) is 11.3. The minimum Gasteiger partial charge on any atom is -0.497 e. The fraction of sp³-hybridized carbons (Fsp3) is 0.412. The van der Waals surface area contributed by atoms with Gasteiger partial charge in [-0.15, -0.1) is 0 Å². The summed E-state index contributed by atoms with van der Waals surface area (Å²) in [5.41, 5.74) is 3.39. The summed E-state index contributed by atoms with van der Waals surface area (Å²) < 4.78 is 32.1. The number of hydrogen-bond acceptors (Lipinski definition) is 5. The zero-order valence-electron chi connectivity index (χ0n) is 25.4. The third-order valence-corrected chi connectivity index (χ3v) is 9.13. The molecule has 1 saturated carbocycles. The molecule has 8 nitrogen and oxygen atoms in total. The first kappa shape index (κ1) is 32.1. The molecule has 9 heteroatoms. The quantitative estimate of drug-likeness (QED) is 0.271. The van der Waals surface area contributed by atoms with E-state index in [0.717, 1.165) is 42.4 Å². The predicted molar refractivity (Wildman–Crippen MR) is 170 cm³/mol. The molecule has 1 aliphatic carbocycles. The highest BCUT2D eigenvalue weighted by molar-refractivity contribution is 7.92. The molecular weight excluding hydrogens is 562 g/mol. The normalized spacial score (nSPS) is 14.2. The molecule has 230 valence electrons. The van der Waals surface area contributed by atoms with Gasteiger partial charge in [-0.2, -0.15) is 0 Å². The Morgan fingerprint density at radius 1 is 0.953 bits per heavy atom. The number of rotatable bonds is 14. The number of nitrogens with one attached hydrogen (secondary N) is 1. The van der Waals surface area contributed by atoms with E-state index in [4.69, 9.17) is 4.74 Å². The van der Waals surface area contributed by atoms with Crippen LogP contribution in [0.2, 0.25) is 0 Å². The van der Waals surface area contributed by atoms with Crippen molar-refractivity contribution in [2.45, 2.75) is 70.5 Å². The number of hydrogen-bond donors (Lipinski definition) is 1. The van der Waals surface area contributed by atoms with Crippen LogP contribution < -0.4 is 14.4 Å². The van der Waals surface area contributed by atoms with Crippen molar-refractivity contribution in [3.63, 3.8) is 0 Å². The van der Waals surface area contributed by atoms with Crippen LogP contribution in [0.15, 0.2) is 78.9 Å². The van der Waals surface area contributed by atoms with Crippen molar-refractivity contribution in [1.82, 2.24) is 10.2 Å². The van der Waals surface area contributed by atoms with E-state index in [1.807, 2.05) is 73.7 Å². The number of carbonyl (C=O) groups is 2. The zero-order valence-corrected chi connectivity index (χ0v) is 26.2. The summed E-state index contributed by atoms with van der Waals surface area (Å²) in [5.74, 6) is 0.300. The van der Waals surface area contributed by atoms with Crippen molar-refractivity contribution in [1.29, 1.82) is 0 Å². The van der Waals surface area contributed by atoms with Crippen LogP contribution in [-0.2, 0) is 32.6 Å². The largest absolute Gasteiger partial charge is 0.497 e. The van der Waals surface area contributed by atoms with Crippen LogP contribution in [0.5, 0.6) is 5.75 Å². The Morgan fingerprint density at radius 2 is 1.63 bits per heavy atom. The average Bonchev–Trinajstić information content (AvgIpc) is 3.50. The zero-order chi connectivity index (χ0) is 30.8. The fourth-order valence-electron chi connectivity index (χ4n) is 5.60. The lowest BCUT2D eigenvalue weighted by Crippen LogP contribution is -2.52. The number of aryl methyl sites for hydroxylation is 1. The number of anilines is 1. The summed E-state index contributed by atoms with van der Waals surface area (Å²) in [6.07, 6.45) is 5.97. The second-order valence-corrected chi connectivity index (χ2v) is 13.2. The Hall–Kier alpha value is -3.85. The van der Waals surface area contributed by atoms with Gasteiger partial charge in [0, 0.05) is 32.0 Å². The van der Waals surface area contributed by atoms with E-state index in [-0.39, 0.29) is 37.4 Å². The Balaban J connectivity index is 1.59. The van der Waals surface area contributed by atoms with Crippen molar-refractivity contribution in [3.05, 3.63) is 95.6 Å². The highest BCUT2D eigenvalue weighted by Crippen LogP contribution is 2.23. The molecular formula is C34H43N3O5S. The Labute approximate surface area is 256 Å². The van der Waals surface area contributed by atoms with E-state index < -0.39 is 16.1 Å². The van der Waals surface area contributed by atoms with Crippen molar-refractivity contribution in [2.75, 3.05) is 24.2 Å². The first-order chi connectivity index (χ1) is 20.6. The summed E-state index contributed by atoms with van der Waals surface area (Å²) in [6.45, 7) is 2.32. The third-order valence-electron chi connectivity index (χ3n) is 7.93. The van der Waals surface area contributed by atoms with Gasteiger partial charge < -0.3 is 15.0 Å². The molecule has 1 fully saturated rings. The minimum absolute atomic E-state index is 0.0872. The first-order valence-corrected chi connectivity index (χ1v) is 16.8. The molecule has 0 saturated heterocycles. The summed E-state index contributed by atoms with van der Waals surface area (Å²) in [5, 5.41) is 3.22. The van der Waals surface area contributed by atoms with E-state index in [0.29, 0.717) is 24.3 Å². The molecule has 1 aliphatic rings. The van der Waals surface area contributed by atoms with Gasteiger partial charge in [-0.25, -0.2) is 8.42 Å². The van der Waals surface area contributed by atoms with Crippen LogP contribution in [0.25, 0.3) is 0 Å². The molecule has 3 aromatic carbocycles. The third kappa shape index (κ3) is 9.32.